The number of carbonyl (C=O) groups excluding carboxylic acids is 1. The fraction of sp³-hybridized carbons (Fsp3) is 0.409. The molecule has 2 amide bonds. The van der Waals surface area contributed by atoms with Crippen LogP contribution in [-0.2, 0) is 11.3 Å². The molecule has 28 heavy (non-hydrogen) atoms. The molecule has 4 rings (SSSR count). The van der Waals surface area contributed by atoms with Crippen molar-refractivity contribution in [1.82, 2.24) is 15.1 Å². The minimum Gasteiger partial charge on any atom is -0.379 e. The van der Waals surface area contributed by atoms with E-state index in [0.717, 1.165) is 45.1 Å². The van der Waals surface area contributed by atoms with Gasteiger partial charge < -0.3 is 20.3 Å². The van der Waals surface area contributed by atoms with Crippen molar-refractivity contribution in [3.05, 3.63) is 65.7 Å². The van der Waals surface area contributed by atoms with Crippen LogP contribution in [0.4, 0.5) is 10.5 Å². The molecule has 6 nitrogen and oxygen atoms in total. The monoisotopic (exact) mass is 380 g/mol. The topological polar surface area (TPSA) is 56.8 Å². The van der Waals surface area contributed by atoms with Crippen molar-refractivity contribution in [1.29, 1.82) is 0 Å². The highest BCUT2D eigenvalue weighted by molar-refractivity contribution is 5.89. The number of nitrogens with zero attached hydrogens (tertiary/aromatic N) is 2. The first-order valence-corrected chi connectivity index (χ1v) is 10.0. The zero-order chi connectivity index (χ0) is 19.2. The van der Waals surface area contributed by atoms with E-state index in [0.29, 0.717) is 13.1 Å². The van der Waals surface area contributed by atoms with Crippen molar-refractivity contribution in [3.63, 3.8) is 0 Å². The number of ether oxygens (including phenoxy) is 1. The first-order chi connectivity index (χ1) is 13.8. The third-order valence-electron chi connectivity index (χ3n) is 5.38. The minimum absolute atomic E-state index is 0.0386. The van der Waals surface area contributed by atoms with Gasteiger partial charge in [0.05, 0.1) is 19.3 Å². The van der Waals surface area contributed by atoms with Crippen LogP contribution in [-0.4, -0.2) is 61.8 Å². The second-order valence-corrected chi connectivity index (χ2v) is 7.38. The van der Waals surface area contributed by atoms with Gasteiger partial charge in [-0.05, 0) is 23.3 Å². The molecule has 2 heterocycles. The van der Waals surface area contributed by atoms with Gasteiger partial charge in [-0.1, -0.05) is 42.5 Å². The van der Waals surface area contributed by atoms with Crippen LogP contribution >= 0.6 is 0 Å². The lowest BCUT2D eigenvalue weighted by Gasteiger charge is -2.34. The zero-order valence-electron chi connectivity index (χ0n) is 16.1. The molecular weight excluding hydrogens is 352 g/mol. The molecule has 2 aliphatic heterocycles. The van der Waals surface area contributed by atoms with E-state index in [4.69, 9.17) is 4.74 Å². The minimum atomic E-state index is -0.0386. The standard InChI is InChI=1S/C22H28N4O2/c27-22(26-11-10-23-21(17-26)19-4-2-1-3-5-19)24-20-8-6-18(7-9-20)16-25-12-14-28-15-13-25/h1-9,21,23H,10-17H2,(H,24,27). The Labute approximate surface area is 166 Å². The van der Waals surface area contributed by atoms with Crippen LogP contribution in [0.1, 0.15) is 17.2 Å². The largest absolute Gasteiger partial charge is 0.379 e. The van der Waals surface area contributed by atoms with E-state index in [-0.39, 0.29) is 12.1 Å². The Hall–Kier alpha value is -2.41. The predicted molar refractivity (Wildman–Crippen MR) is 110 cm³/mol. The van der Waals surface area contributed by atoms with Crippen LogP contribution in [0.3, 0.4) is 0 Å². The number of piperazine rings is 1. The van der Waals surface area contributed by atoms with Crippen LogP contribution in [0.5, 0.6) is 0 Å². The highest BCUT2D eigenvalue weighted by Gasteiger charge is 2.24. The number of hydrogen-bond donors (Lipinski definition) is 2. The van der Waals surface area contributed by atoms with Crippen LogP contribution < -0.4 is 10.6 Å². The molecule has 0 spiro atoms. The molecule has 0 aromatic heterocycles. The van der Waals surface area contributed by atoms with Gasteiger partial charge in [-0.3, -0.25) is 4.90 Å². The fourth-order valence-electron chi connectivity index (χ4n) is 3.76. The highest BCUT2D eigenvalue weighted by atomic mass is 16.5. The lowest BCUT2D eigenvalue weighted by atomic mass is 10.0. The number of benzene rings is 2. The summed E-state index contributed by atoms with van der Waals surface area (Å²) in [6, 6.07) is 18.6. The molecule has 6 heteroatoms. The summed E-state index contributed by atoms with van der Waals surface area (Å²) in [7, 11) is 0. The molecule has 0 radical (unpaired) electrons. The first-order valence-electron chi connectivity index (χ1n) is 10.0. The molecule has 2 aromatic rings. The van der Waals surface area contributed by atoms with Crippen molar-refractivity contribution in [2.45, 2.75) is 12.6 Å². The number of anilines is 1. The highest BCUT2D eigenvalue weighted by Crippen LogP contribution is 2.18. The Morgan fingerprint density at radius 2 is 1.79 bits per heavy atom. The van der Waals surface area contributed by atoms with Gasteiger partial charge in [0.25, 0.3) is 0 Å². The SMILES string of the molecule is O=C(Nc1ccc(CN2CCOCC2)cc1)N1CCNC(c2ccccc2)C1. The van der Waals surface area contributed by atoms with Gasteiger partial charge in [0, 0.05) is 45.0 Å². The van der Waals surface area contributed by atoms with Gasteiger partial charge in [0.15, 0.2) is 0 Å². The number of rotatable bonds is 4. The molecule has 2 N–H and O–H groups in total. The van der Waals surface area contributed by atoms with E-state index < -0.39 is 0 Å². The molecular formula is C22H28N4O2. The molecule has 2 saturated heterocycles. The molecule has 2 aromatic carbocycles. The smallest absolute Gasteiger partial charge is 0.321 e. The third kappa shape index (κ3) is 4.90. The van der Waals surface area contributed by atoms with Crippen molar-refractivity contribution in [2.75, 3.05) is 51.3 Å². The zero-order valence-corrected chi connectivity index (χ0v) is 16.1. The lowest BCUT2D eigenvalue weighted by Crippen LogP contribution is -2.49. The fourth-order valence-corrected chi connectivity index (χ4v) is 3.76. The number of hydrogen-bond acceptors (Lipinski definition) is 4. The molecule has 0 bridgehead atoms. The molecule has 0 saturated carbocycles. The summed E-state index contributed by atoms with van der Waals surface area (Å²) in [4.78, 5) is 17.0. The quantitative estimate of drug-likeness (QED) is 0.856. The number of nitrogens with one attached hydrogen (secondary N) is 2. The van der Waals surface area contributed by atoms with Crippen LogP contribution in [0.25, 0.3) is 0 Å². The summed E-state index contributed by atoms with van der Waals surface area (Å²) < 4.78 is 5.40. The number of urea groups is 1. The average molecular weight is 380 g/mol. The van der Waals surface area contributed by atoms with Crippen molar-refractivity contribution in [2.24, 2.45) is 0 Å². The summed E-state index contributed by atoms with van der Waals surface area (Å²) in [6.45, 7) is 6.68. The number of carbonyl (C=O) groups is 1. The molecule has 0 aliphatic carbocycles. The van der Waals surface area contributed by atoms with E-state index in [1.807, 2.05) is 35.2 Å². The van der Waals surface area contributed by atoms with Crippen LogP contribution in [0.15, 0.2) is 54.6 Å². The lowest BCUT2D eigenvalue weighted by molar-refractivity contribution is 0.0342. The number of morpholine rings is 1. The van der Waals surface area contributed by atoms with E-state index >= 15 is 0 Å². The van der Waals surface area contributed by atoms with Gasteiger partial charge in [0.1, 0.15) is 0 Å². The molecule has 1 atom stereocenters. The van der Waals surface area contributed by atoms with E-state index in [9.17, 15) is 4.79 Å². The van der Waals surface area contributed by atoms with Gasteiger partial charge in [0.2, 0.25) is 0 Å². The van der Waals surface area contributed by atoms with Crippen molar-refractivity contribution in [3.8, 4) is 0 Å². The maximum atomic E-state index is 12.7. The molecule has 2 fully saturated rings. The van der Waals surface area contributed by atoms with E-state index in [1.165, 1.54) is 11.1 Å². The van der Waals surface area contributed by atoms with Crippen LogP contribution in [0, 0.1) is 0 Å². The summed E-state index contributed by atoms with van der Waals surface area (Å²) in [5.41, 5.74) is 3.31. The van der Waals surface area contributed by atoms with Crippen molar-refractivity contribution >= 4 is 11.7 Å². The summed E-state index contributed by atoms with van der Waals surface area (Å²) in [6.07, 6.45) is 0. The first kappa shape index (κ1) is 18.9. The average Bonchev–Trinajstić information content (AvgIpc) is 2.76. The summed E-state index contributed by atoms with van der Waals surface area (Å²) >= 11 is 0. The Kier molecular flexibility index (Phi) is 6.21. The van der Waals surface area contributed by atoms with Gasteiger partial charge in [-0.25, -0.2) is 4.79 Å². The Morgan fingerprint density at radius 1 is 1.04 bits per heavy atom. The third-order valence-corrected chi connectivity index (χ3v) is 5.38. The second-order valence-electron chi connectivity index (χ2n) is 7.38. The maximum Gasteiger partial charge on any atom is 0.321 e. The van der Waals surface area contributed by atoms with Gasteiger partial charge in [-0.2, -0.15) is 0 Å². The summed E-state index contributed by atoms with van der Waals surface area (Å²) in [5.74, 6) is 0. The molecule has 148 valence electrons. The van der Waals surface area contributed by atoms with Crippen LogP contribution in [0.2, 0.25) is 0 Å². The van der Waals surface area contributed by atoms with Crippen molar-refractivity contribution < 1.29 is 9.53 Å². The Bertz CT molecular complexity index is 760. The molecule has 2 aliphatic rings. The second kappa shape index (κ2) is 9.19. The van der Waals surface area contributed by atoms with Gasteiger partial charge >= 0.3 is 6.03 Å². The maximum absolute atomic E-state index is 12.7. The normalized spacial score (nSPS) is 20.7. The molecule has 1 unspecified atom stereocenters. The predicted octanol–water partition coefficient (Wildman–Crippen LogP) is 2.70. The van der Waals surface area contributed by atoms with Gasteiger partial charge in [-0.15, -0.1) is 0 Å². The Morgan fingerprint density at radius 3 is 2.54 bits per heavy atom. The Balaban J connectivity index is 1.31. The van der Waals surface area contributed by atoms with E-state index in [2.05, 4.69) is 39.8 Å². The number of amides is 2. The van der Waals surface area contributed by atoms with E-state index in [1.54, 1.807) is 0 Å². The summed E-state index contributed by atoms with van der Waals surface area (Å²) in [5, 5.41) is 6.54.